The predicted molar refractivity (Wildman–Crippen MR) is 57.7 cm³/mol. The Bertz CT molecular complexity index is 426. The fourth-order valence-corrected chi connectivity index (χ4v) is 2.13. The number of carbonyl (C=O) groups is 2. The summed E-state index contributed by atoms with van der Waals surface area (Å²) in [7, 11) is 0. The summed E-state index contributed by atoms with van der Waals surface area (Å²) in [5, 5.41) is 0. The molecule has 1 aliphatic rings. The first-order valence-electron chi connectivity index (χ1n) is 5.49. The van der Waals surface area contributed by atoms with E-state index in [4.69, 9.17) is 0 Å². The predicted octanol–water partition coefficient (Wildman–Crippen LogP) is 2.77. The van der Waals surface area contributed by atoms with Gasteiger partial charge < -0.3 is 0 Å². The van der Waals surface area contributed by atoms with Crippen molar-refractivity contribution in [2.75, 3.05) is 0 Å². The fraction of sp³-hybridized carbons (Fsp3) is 0.385. The second kappa shape index (κ2) is 4.56. The Morgan fingerprint density at radius 2 is 2.06 bits per heavy atom. The molecule has 0 saturated heterocycles. The van der Waals surface area contributed by atoms with Gasteiger partial charge in [0, 0.05) is 18.8 Å². The zero-order chi connectivity index (χ0) is 11.5. The Hall–Kier alpha value is -1.51. The van der Waals surface area contributed by atoms with Crippen LogP contribution in [0, 0.1) is 11.7 Å². The summed E-state index contributed by atoms with van der Waals surface area (Å²) in [6.45, 7) is 0. The van der Waals surface area contributed by atoms with E-state index in [-0.39, 0.29) is 29.5 Å². The third-order valence-electron chi connectivity index (χ3n) is 2.99. The molecule has 0 spiro atoms. The maximum Gasteiger partial charge on any atom is 0.169 e. The second-order valence-corrected chi connectivity index (χ2v) is 4.18. The smallest absolute Gasteiger partial charge is 0.169 e. The number of rotatable bonds is 2. The van der Waals surface area contributed by atoms with Gasteiger partial charge in [0.2, 0.25) is 0 Å². The summed E-state index contributed by atoms with van der Waals surface area (Å²) in [5.74, 6) is -0.934. The van der Waals surface area contributed by atoms with E-state index in [1.54, 1.807) is 12.1 Å². The van der Waals surface area contributed by atoms with E-state index in [2.05, 4.69) is 0 Å². The van der Waals surface area contributed by atoms with Gasteiger partial charge in [0.05, 0.1) is 5.56 Å². The van der Waals surface area contributed by atoms with Crippen LogP contribution in [-0.2, 0) is 4.79 Å². The summed E-state index contributed by atoms with van der Waals surface area (Å²) in [5.41, 5.74) is 0.113. The Balaban J connectivity index is 2.19. The molecular weight excluding hydrogens is 207 g/mol. The molecule has 0 amide bonds. The van der Waals surface area contributed by atoms with E-state index >= 15 is 0 Å². The van der Waals surface area contributed by atoms with Gasteiger partial charge in [-0.15, -0.1) is 0 Å². The van der Waals surface area contributed by atoms with Crippen LogP contribution in [0.25, 0.3) is 0 Å². The molecule has 0 radical (unpaired) electrons. The van der Waals surface area contributed by atoms with E-state index < -0.39 is 5.82 Å². The Morgan fingerprint density at radius 1 is 1.31 bits per heavy atom. The third-order valence-corrected chi connectivity index (χ3v) is 2.99. The number of hydrogen-bond donors (Lipinski definition) is 0. The standard InChI is InChI=1S/C13H13FO2/c14-12-7-2-1-6-11(12)13(16)9-4-3-5-10(15)8-9/h1-2,6-7,9H,3-5,8H2. The molecule has 1 fully saturated rings. The van der Waals surface area contributed by atoms with Crippen molar-refractivity contribution in [2.24, 2.45) is 5.92 Å². The number of benzene rings is 1. The van der Waals surface area contributed by atoms with E-state index in [1.165, 1.54) is 12.1 Å². The molecule has 0 aliphatic heterocycles. The largest absolute Gasteiger partial charge is 0.300 e. The zero-order valence-electron chi connectivity index (χ0n) is 8.91. The summed E-state index contributed by atoms with van der Waals surface area (Å²) >= 11 is 0. The first-order chi connectivity index (χ1) is 7.68. The van der Waals surface area contributed by atoms with Gasteiger partial charge in [-0.05, 0) is 25.0 Å². The van der Waals surface area contributed by atoms with Gasteiger partial charge in [-0.3, -0.25) is 9.59 Å². The lowest BCUT2D eigenvalue weighted by atomic mass is 9.83. The maximum absolute atomic E-state index is 13.4. The van der Waals surface area contributed by atoms with Gasteiger partial charge in [-0.25, -0.2) is 4.39 Å². The number of halogens is 1. The van der Waals surface area contributed by atoms with Crippen molar-refractivity contribution in [1.29, 1.82) is 0 Å². The van der Waals surface area contributed by atoms with Gasteiger partial charge >= 0.3 is 0 Å². The Kier molecular flexibility index (Phi) is 3.13. The summed E-state index contributed by atoms with van der Waals surface area (Å²) in [4.78, 5) is 23.2. The van der Waals surface area contributed by atoms with Crippen LogP contribution in [0.5, 0.6) is 0 Å². The van der Waals surface area contributed by atoms with Gasteiger partial charge in [-0.1, -0.05) is 12.1 Å². The molecule has 16 heavy (non-hydrogen) atoms. The average Bonchev–Trinajstić information content (AvgIpc) is 2.29. The van der Waals surface area contributed by atoms with Crippen molar-refractivity contribution in [3.8, 4) is 0 Å². The van der Waals surface area contributed by atoms with Gasteiger partial charge in [0.1, 0.15) is 11.6 Å². The molecule has 1 atom stereocenters. The summed E-state index contributed by atoms with van der Waals surface area (Å²) in [6.07, 6.45) is 2.26. The lowest BCUT2D eigenvalue weighted by Gasteiger charge is -2.19. The fourth-order valence-electron chi connectivity index (χ4n) is 2.13. The lowest BCUT2D eigenvalue weighted by molar-refractivity contribution is -0.121. The van der Waals surface area contributed by atoms with Crippen LogP contribution in [0.2, 0.25) is 0 Å². The van der Waals surface area contributed by atoms with Gasteiger partial charge in [0.15, 0.2) is 5.78 Å². The van der Waals surface area contributed by atoms with Crippen LogP contribution in [0.3, 0.4) is 0 Å². The quantitative estimate of drug-likeness (QED) is 0.718. The molecule has 0 N–H and O–H groups in total. The summed E-state index contributed by atoms with van der Waals surface area (Å²) in [6, 6.07) is 5.95. The maximum atomic E-state index is 13.4. The molecule has 2 rings (SSSR count). The highest BCUT2D eigenvalue weighted by Crippen LogP contribution is 2.25. The normalized spacial score (nSPS) is 20.8. The molecule has 1 aliphatic carbocycles. The molecule has 1 saturated carbocycles. The van der Waals surface area contributed by atoms with Crippen LogP contribution in [-0.4, -0.2) is 11.6 Å². The molecule has 2 nitrogen and oxygen atoms in total. The third kappa shape index (κ3) is 2.18. The molecule has 1 aromatic rings. The highest BCUT2D eigenvalue weighted by molar-refractivity contribution is 6.00. The van der Waals surface area contributed by atoms with E-state index in [9.17, 15) is 14.0 Å². The second-order valence-electron chi connectivity index (χ2n) is 4.18. The number of Topliss-reactive ketones (excluding diaryl/α,β-unsaturated/α-hetero) is 2. The highest BCUT2D eigenvalue weighted by atomic mass is 19.1. The van der Waals surface area contributed by atoms with E-state index in [0.29, 0.717) is 12.8 Å². The minimum Gasteiger partial charge on any atom is -0.300 e. The van der Waals surface area contributed by atoms with Crippen LogP contribution in [0.1, 0.15) is 36.0 Å². The van der Waals surface area contributed by atoms with Crippen LogP contribution < -0.4 is 0 Å². The molecule has 1 unspecified atom stereocenters. The first-order valence-corrected chi connectivity index (χ1v) is 5.49. The lowest BCUT2D eigenvalue weighted by Crippen LogP contribution is -2.23. The SMILES string of the molecule is O=C1CCCC(C(=O)c2ccccc2F)C1. The van der Waals surface area contributed by atoms with E-state index in [0.717, 1.165) is 6.42 Å². The van der Waals surface area contributed by atoms with Crippen molar-refractivity contribution < 1.29 is 14.0 Å². The Morgan fingerprint density at radius 3 is 2.75 bits per heavy atom. The van der Waals surface area contributed by atoms with Crippen LogP contribution >= 0.6 is 0 Å². The van der Waals surface area contributed by atoms with Crippen molar-refractivity contribution in [3.63, 3.8) is 0 Å². The molecule has 84 valence electrons. The van der Waals surface area contributed by atoms with Crippen LogP contribution in [0.15, 0.2) is 24.3 Å². The molecule has 3 heteroatoms. The number of ketones is 2. The first kappa shape index (κ1) is 11.0. The molecule has 1 aromatic carbocycles. The molecule has 0 aromatic heterocycles. The number of hydrogen-bond acceptors (Lipinski definition) is 2. The monoisotopic (exact) mass is 220 g/mol. The van der Waals surface area contributed by atoms with Crippen LogP contribution in [0.4, 0.5) is 4.39 Å². The Labute approximate surface area is 93.5 Å². The zero-order valence-corrected chi connectivity index (χ0v) is 8.91. The van der Waals surface area contributed by atoms with Crippen molar-refractivity contribution in [3.05, 3.63) is 35.6 Å². The van der Waals surface area contributed by atoms with Crippen molar-refractivity contribution in [2.45, 2.75) is 25.7 Å². The summed E-state index contributed by atoms with van der Waals surface area (Å²) < 4.78 is 13.4. The molecular formula is C13H13FO2. The minimum absolute atomic E-state index is 0.112. The van der Waals surface area contributed by atoms with E-state index in [1.807, 2.05) is 0 Å². The van der Waals surface area contributed by atoms with Gasteiger partial charge in [0.25, 0.3) is 0 Å². The highest BCUT2D eigenvalue weighted by Gasteiger charge is 2.27. The minimum atomic E-state index is -0.495. The average molecular weight is 220 g/mol. The topological polar surface area (TPSA) is 34.1 Å². The molecule has 0 bridgehead atoms. The molecule has 0 heterocycles. The number of carbonyl (C=O) groups excluding carboxylic acids is 2. The van der Waals surface area contributed by atoms with Gasteiger partial charge in [-0.2, -0.15) is 0 Å². The van der Waals surface area contributed by atoms with Crippen molar-refractivity contribution in [1.82, 2.24) is 0 Å². The van der Waals surface area contributed by atoms with Crippen molar-refractivity contribution >= 4 is 11.6 Å².